The molecule has 0 atom stereocenters. The normalized spacial score (nSPS) is 11.1. The Morgan fingerprint density at radius 3 is 1.37 bits per heavy atom. The zero-order chi connectivity index (χ0) is 24.6. The van der Waals surface area contributed by atoms with Gasteiger partial charge >= 0.3 is 0 Å². The fraction of sp³-hybridized carbons (Fsp3) is 0.0714. The van der Waals surface area contributed by atoms with Crippen molar-refractivity contribution < 1.29 is 23.2 Å². The highest BCUT2D eigenvalue weighted by atomic mass is 16.5. The van der Waals surface area contributed by atoms with Crippen molar-refractivity contribution in [2.24, 2.45) is 0 Å². The van der Waals surface area contributed by atoms with Gasteiger partial charge in [-0.15, -0.1) is 0 Å². The molecule has 0 unspecified atom stereocenters. The summed E-state index contributed by atoms with van der Waals surface area (Å²) in [6, 6.07) is 21.3. The van der Waals surface area contributed by atoms with Crippen LogP contribution in [0.5, 0.6) is 11.5 Å². The van der Waals surface area contributed by atoms with E-state index in [1.165, 1.54) is 12.2 Å². The Balaban J connectivity index is 1.26. The fourth-order valence-electron chi connectivity index (χ4n) is 3.12. The van der Waals surface area contributed by atoms with Crippen molar-refractivity contribution in [2.45, 2.75) is 13.8 Å². The lowest BCUT2D eigenvalue weighted by Gasteiger charge is -2.08. The van der Waals surface area contributed by atoms with Crippen molar-refractivity contribution in [3.05, 3.63) is 108 Å². The number of carbonyl (C=O) groups is 2. The van der Waals surface area contributed by atoms with Gasteiger partial charge in [-0.25, -0.2) is 0 Å². The molecule has 0 aliphatic carbocycles. The maximum Gasteiger partial charge on any atom is 0.248 e. The minimum Gasteiger partial charge on any atom is -0.462 e. The van der Waals surface area contributed by atoms with Crippen LogP contribution in [0, 0.1) is 13.8 Å². The summed E-state index contributed by atoms with van der Waals surface area (Å²) in [4.78, 5) is 24.2. The SMILES string of the molecule is Cc1ccc(C=CC(=O)Nc2ccc(Oc3ccc(NC(=O)C=Cc4ccc(C)o4)cc3)cc2)o1. The van der Waals surface area contributed by atoms with Crippen LogP contribution in [0.2, 0.25) is 0 Å². The number of benzene rings is 2. The monoisotopic (exact) mass is 468 g/mol. The van der Waals surface area contributed by atoms with Gasteiger partial charge in [-0.05, 0) is 98.8 Å². The number of hydrogen-bond acceptors (Lipinski definition) is 5. The van der Waals surface area contributed by atoms with E-state index in [1.54, 1.807) is 72.8 Å². The van der Waals surface area contributed by atoms with E-state index in [2.05, 4.69) is 10.6 Å². The van der Waals surface area contributed by atoms with E-state index in [1.807, 2.05) is 26.0 Å². The molecule has 0 aliphatic heterocycles. The average Bonchev–Trinajstić information content (AvgIpc) is 3.46. The van der Waals surface area contributed by atoms with Crippen LogP contribution in [0.3, 0.4) is 0 Å². The molecule has 2 heterocycles. The van der Waals surface area contributed by atoms with Crippen molar-refractivity contribution in [1.82, 2.24) is 0 Å². The predicted octanol–water partition coefficient (Wildman–Crippen LogP) is 6.59. The molecule has 35 heavy (non-hydrogen) atoms. The molecule has 0 saturated carbocycles. The van der Waals surface area contributed by atoms with Crippen LogP contribution in [-0.4, -0.2) is 11.8 Å². The summed E-state index contributed by atoms with van der Waals surface area (Å²) in [5.41, 5.74) is 1.27. The zero-order valence-corrected chi connectivity index (χ0v) is 19.3. The molecule has 0 saturated heterocycles. The second kappa shape index (κ2) is 10.9. The maximum absolute atomic E-state index is 12.1. The summed E-state index contributed by atoms with van der Waals surface area (Å²) < 4.78 is 16.6. The minimum absolute atomic E-state index is 0.264. The number of rotatable bonds is 8. The van der Waals surface area contributed by atoms with E-state index < -0.39 is 0 Å². The summed E-state index contributed by atoms with van der Waals surface area (Å²) in [5, 5.41) is 5.57. The van der Waals surface area contributed by atoms with Gasteiger partial charge in [0.15, 0.2) is 0 Å². The van der Waals surface area contributed by atoms with Gasteiger partial charge < -0.3 is 24.2 Å². The lowest BCUT2D eigenvalue weighted by molar-refractivity contribution is -0.112. The van der Waals surface area contributed by atoms with Crippen molar-refractivity contribution in [2.75, 3.05) is 10.6 Å². The number of nitrogens with one attached hydrogen (secondary N) is 2. The van der Waals surface area contributed by atoms with Gasteiger partial charge in [0.05, 0.1) is 0 Å². The topological polar surface area (TPSA) is 93.7 Å². The molecular formula is C28H24N2O5. The molecule has 0 aliphatic rings. The third-order valence-corrected chi connectivity index (χ3v) is 4.80. The lowest BCUT2D eigenvalue weighted by Crippen LogP contribution is -2.07. The van der Waals surface area contributed by atoms with Crippen molar-refractivity contribution in [3.8, 4) is 11.5 Å². The molecule has 0 fully saturated rings. The van der Waals surface area contributed by atoms with Gasteiger partial charge in [0.2, 0.25) is 11.8 Å². The Bertz CT molecular complexity index is 1250. The summed E-state index contributed by atoms with van der Waals surface area (Å²) in [5.74, 6) is 3.50. The molecule has 2 N–H and O–H groups in total. The maximum atomic E-state index is 12.1. The Labute approximate surface area is 202 Å². The molecular weight excluding hydrogens is 444 g/mol. The number of ether oxygens (including phenoxy) is 1. The van der Waals surface area contributed by atoms with Crippen LogP contribution in [-0.2, 0) is 9.59 Å². The summed E-state index contributed by atoms with van der Waals surface area (Å²) in [6.07, 6.45) is 6.05. The molecule has 2 aromatic carbocycles. The van der Waals surface area contributed by atoms with Crippen molar-refractivity contribution in [1.29, 1.82) is 0 Å². The van der Waals surface area contributed by atoms with Crippen LogP contribution in [0.4, 0.5) is 11.4 Å². The first-order valence-electron chi connectivity index (χ1n) is 10.9. The second-order valence-corrected chi connectivity index (χ2v) is 7.69. The number of anilines is 2. The van der Waals surface area contributed by atoms with Gasteiger partial charge in [0.1, 0.15) is 34.5 Å². The third kappa shape index (κ3) is 7.10. The molecule has 0 bridgehead atoms. The first-order valence-corrected chi connectivity index (χ1v) is 10.9. The average molecular weight is 469 g/mol. The van der Waals surface area contributed by atoms with Crippen LogP contribution in [0.25, 0.3) is 12.2 Å². The zero-order valence-electron chi connectivity index (χ0n) is 19.3. The fourth-order valence-corrected chi connectivity index (χ4v) is 3.12. The first-order chi connectivity index (χ1) is 16.9. The van der Waals surface area contributed by atoms with E-state index >= 15 is 0 Å². The van der Waals surface area contributed by atoms with Gasteiger partial charge in [0.25, 0.3) is 0 Å². The molecule has 0 radical (unpaired) electrons. The van der Waals surface area contributed by atoms with Crippen molar-refractivity contribution >= 4 is 35.3 Å². The van der Waals surface area contributed by atoms with Crippen LogP contribution in [0.15, 0.2) is 93.8 Å². The third-order valence-electron chi connectivity index (χ3n) is 4.80. The quantitative estimate of drug-likeness (QED) is 0.285. The highest BCUT2D eigenvalue weighted by molar-refractivity contribution is 6.02. The van der Waals surface area contributed by atoms with Gasteiger partial charge in [-0.3, -0.25) is 9.59 Å². The number of furan rings is 2. The molecule has 2 amide bonds. The van der Waals surface area contributed by atoms with Crippen LogP contribution < -0.4 is 15.4 Å². The minimum atomic E-state index is -0.264. The lowest BCUT2D eigenvalue weighted by atomic mass is 10.2. The number of amides is 2. The van der Waals surface area contributed by atoms with Gasteiger partial charge in [0, 0.05) is 23.5 Å². The molecule has 176 valence electrons. The molecule has 2 aromatic heterocycles. The molecule has 7 heteroatoms. The first kappa shape index (κ1) is 23.4. The summed E-state index contributed by atoms with van der Waals surface area (Å²) >= 11 is 0. The number of hydrogen-bond donors (Lipinski definition) is 2. The number of carbonyl (C=O) groups excluding carboxylic acids is 2. The van der Waals surface area contributed by atoms with E-state index in [-0.39, 0.29) is 11.8 Å². The Morgan fingerprint density at radius 1 is 0.629 bits per heavy atom. The smallest absolute Gasteiger partial charge is 0.248 e. The Hall–Kier alpha value is -4.78. The van der Waals surface area contributed by atoms with Crippen molar-refractivity contribution in [3.63, 3.8) is 0 Å². The summed E-state index contributed by atoms with van der Waals surface area (Å²) in [7, 11) is 0. The largest absolute Gasteiger partial charge is 0.462 e. The Kier molecular flexibility index (Phi) is 7.28. The highest BCUT2D eigenvalue weighted by Crippen LogP contribution is 2.24. The predicted molar refractivity (Wildman–Crippen MR) is 135 cm³/mol. The Morgan fingerprint density at radius 2 is 1.03 bits per heavy atom. The van der Waals surface area contributed by atoms with E-state index in [9.17, 15) is 9.59 Å². The van der Waals surface area contributed by atoms with Crippen LogP contribution >= 0.6 is 0 Å². The highest BCUT2D eigenvalue weighted by Gasteiger charge is 2.03. The number of aryl methyl sites for hydroxylation is 2. The van der Waals surface area contributed by atoms with Crippen LogP contribution in [0.1, 0.15) is 23.0 Å². The standard InChI is InChI=1S/C28H24N2O5/c1-19-3-9-23(33-19)15-17-27(31)29-21-5-11-25(12-6-21)35-26-13-7-22(8-14-26)30-28(32)18-16-24-10-4-20(2)34-24/h3-18H,1-2H3,(H,29,31)(H,30,32). The van der Waals surface area contributed by atoms with Gasteiger partial charge in [-0.1, -0.05) is 0 Å². The molecule has 7 nitrogen and oxygen atoms in total. The molecule has 4 rings (SSSR count). The van der Waals surface area contributed by atoms with E-state index in [4.69, 9.17) is 13.6 Å². The van der Waals surface area contributed by atoms with E-state index in [0.717, 1.165) is 11.5 Å². The summed E-state index contributed by atoms with van der Waals surface area (Å²) in [6.45, 7) is 3.69. The molecule has 0 spiro atoms. The second-order valence-electron chi connectivity index (χ2n) is 7.69. The van der Waals surface area contributed by atoms with E-state index in [0.29, 0.717) is 34.4 Å². The molecule has 4 aromatic rings. The van der Waals surface area contributed by atoms with Gasteiger partial charge in [-0.2, -0.15) is 0 Å².